The van der Waals surface area contributed by atoms with Crippen LogP contribution in [-0.2, 0) is 6.54 Å². The van der Waals surface area contributed by atoms with Crippen LogP contribution in [0.4, 0.5) is 0 Å². The van der Waals surface area contributed by atoms with Crippen molar-refractivity contribution < 1.29 is 9.90 Å². The van der Waals surface area contributed by atoms with Gasteiger partial charge in [-0.3, -0.25) is 4.68 Å². The molecule has 0 saturated carbocycles. The van der Waals surface area contributed by atoms with Gasteiger partial charge in [0.25, 0.3) is 0 Å². The van der Waals surface area contributed by atoms with E-state index in [1.54, 1.807) is 0 Å². The van der Waals surface area contributed by atoms with Crippen molar-refractivity contribution in [2.75, 3.05) is 20.6 Å². The second kappa shape index (κ2) is 4.56. The summed E-state index contributed by atoms with van der Waals surface area (Å²) >= 11 is 3.15. The molecule has 1 heterocycles. The molecule has 0 aliphatic carbocycles. The van der Waals surface area contributed by atoms with Crippen LogP contribution in [-0.4, -0.2) is 46.4 Å². The minimum Gasteiger partial charge on any atom is -0.476 e. The van der Waals surface area contributed by atoms with Crippen molar-refractivity contribution >= 4 is 21.9 Å². The summed E-state index contributed by atoms with van der Waals surface area (Å²) in [5.74, 6) is -0.965. The molecule has 0 bridgehead atoms. The first-order chi connectivity index (χ1) is 6.52. The summed E-state index contributed by atoms with van der Waals surface area (Å²) in [6, 6.07) is 0. The van der Waals surface area contributed by atoms with Crippen molar-refractivity contribution in [1.82, 2.24) is 14.7 Å². The van der Waals surface area contributed by atoms with Gasteiger partial charge in [0.05, 0.1) is 17.2 Å². The maximum absolute atomic E-state index is 10.8. The zero-order valence-corrected chi connectivity index (χ0v) is 9.65. The van der Waals surface area contributed by atoms with E-state index in [0.29, 0.717) is 11.0 Å². The number of hydrogen-bond acceptors (Lipinski definition) is 3. The summed E-state index contributed by atoms with van der Waals surface area (Å²) in [6.45, 7) is 1.33. The topological polar surface area (TPSA) is 58.4 Å². The number of aromatic carboxylic acids is 1. The van der Waals surface area contributed by atoms with E-state index in [4.69, 9.17) is 5.11 Å². The third-order valence-electron chi connectivity index (χ3n) is 1.76. The molecule has 0 atom stereocenters. The third-order valence-corrected chi connectivity index (χ3v) is 2.34. The fourth-order valence-corrected chi connectivity index (χ4v) is 1.51. The van der Waals surface area contributed by atoms with Crippen molar-refractivity contribution in [2.45, 2.75) is 6.54 Å². The number of hydrogen-bond donors (Lipinski definition) is 1. The second-order valence-corrected chi connectivity index (χ2v) is 4.03. The minimum atomic E-state index is -0.965. The van der Waals surface area contributed by atoms with Crippen molar-refractivity contribution in [3.05, 3.63) is 16.4 Å². The van der Waals surface area contributed by atoms with E-state index < -0.39 is 5.97 Å². The Hall–Kier alpha value is -0.880. The molecular formula is C8H12BrN3O2. The highest BCUT2D eigenvalue weighted by molar-refractivity contribution is 9.10. The van der Waals surface area contributed by atoms with Gasteiger partial charge in [0.2, 0.25) is 0 Å². The molecule has 1 N–H and O–H groups in total. The summed E-state index contributed by atoms with van der Waals surface area (Å²) in [5.41, 5.74) is 0.201. The lowest BCUT2D eigenvalue weighted by Crippen LogP contribution is -2.21. The van der Waals surface area contributed by atoms with Crippen LogP contribution in [0.25, 0.3) is 0 Å². The molecule has 0 aromatic carbocycles. The Morgan fingerprint density at radius 2 is 2.36 bits per heavy atom. The third kappa shape index (κ3) is 2.55. The monoisotopic (exact) mass is 261 g/mol. The van der Waals surface area contributed by atoms with E-state index in [1.807, 2.05) is 19.0 Å². The van der Waals surface area contributed by atoms with E-state index >= 15 is 0 Å². The van der Waals surface area contributed by atoms with Crippen molar-refractivity contribution in [3.63, 3.8) is 0 Å². The number of nitrogens with zero attached hydrogens (tertiary/aromatic N) is 3. The average molecular weight is 262 g/mol. The SMILES string of the molecule is CN(C)CCn1ncc(Br)c1C(=O)O. The average Bonchev–Trinajstić information content (AvgIpc) is 2.43. The first-order valence-corrected chi connectivity index (χ1v) is 4.91. The molecule has 14 heavy (non-hydrogen) atoms. The summed E-state index contributed by atoms with van der Waals surface area (Å²) in [5, 5.41) is 12.9. The Labute approximate surface area is 90.4 Å². The Bertz CT molecular complexity index is 335. The lowest BCUT2D eigenvalue weighted by atomic mass is 10.4. The molecule has 0 radical (unpaired) electrons. The largest absolute Gasteiger partial charge is 0.476 e. The number of halogens is 1. The van der Waals surface area contributed by atoms with Crippen LogP contribution in [0.1, 0.15) is 10.5 Å². The van der Waals surface area contributed by atoms with Gasteiger partial charge in [0.1, 0.15) is 0 Å². The first-order valence-electron chi connectivity index (χ1n) is 4.11. The Morgan fingerprint density at radius 1 is 1.71 bits per heavy atom. The molecule has 0 saturated heterocycles. The number of carboxylic acids is 1. The Morgan fingerprint density at radius 3 is 2.86 bits per heavy atom. The van der Waals surface area contributed by atoms with Crippen LogP contribution < -0.4 is 0 Å². The molecule has 0 unspecified atom stereocenters. The molecule has 0 spiro atoms. The highest BCUT2D eigenvalue weighted by atomic mass is 79.9. The van der Waals surface area contributed by atoms with Crippen LogP contribution in [0.3, 0.4) is 0 Å². The quantitative estimate of drug-likeness (QED) is 0.876. The smallest absolute Gasteiger partial charge is 0.355 e. The number of rotatable bonds is 4. The zero-order valence-electron chi connectivity index (χ0n) is 8.07. The van der Waals surface area contributed by atoms with E-state index in [2.05, 4.69) is 21.0 Å². The lowest BCUT2D eigenvalue weighted by molar-refractivity contribution is 0.0681. The van der Waals surface area contributed by atoms with Crippen LogP contribution >= 0.6 is 15.9 Å². The Balaban J connectivity index is 2.81. The predicted octanol–water partition coefficient (Wildman–Crippen LogP) is 0.905. The Kier molecular flexibility index (Phi) is 3.65. The van der Waals surface area contributed by atoms with Gasteiger partial charge in [-0.15, -0.1) is 0 Å². The van der Waals surface area contributed by atoms with Crippen molar-refractivity contribution in [3.8, 4) is 0 Å². The molecule has 0 amide bonds. The predicted molar refractivity (Wildman–Crippen MR) is 55.4 cm³/mol. The van der Waals surface area contributed by atoms with Crippen LogP contribution in [0.15, 0.2) is 10.7 Å². The first kappa shape index (κ1) is 11.2. The summed E-state index contributed by atoms with van der Waals surface area (Å²) in [7, 11) is 3.86. The van der Waals surface area contributed by atoms with E-state index in [-0.39, 0.29) is 5.69 Å². The van der Waals surface area contributed by atoms with Gasteiger partial charge in [0, 0.05) is 6.54 Å². The molecule has 5 nitrogen and oxygen atoms in total. The minimum absolute atomic E-state index is 0.201. The molecule has 78 valence electrons. The molecule has 0 aliphatic heterocycles. The highest BCUT2D eigenvalue weighted by Gasteiger charge is 2.15. The number of aromatic nitrogens is 2. The van der Waals surface area contributed by atoms with Gasteiger partial charge >= 0.3 is 5.97 Å². The highest BCUT2D eigenvalue weighted by Crippen LogP contribution is 2.15. The van der Waals surface area contributed by atoms with Crippen LogP contribution in [0.2, 0.25) is 0 Å². The van der Waals surface area contributed by atoms with E-state index in [1.165, 1.54) is 10.9 Å². The van der Waals surface area contributed by atoms with E-state index in [0.717, 1.165) is 6.54 Å². The van der Waals surface area contributed by atoms with Crippen LogP contribution in [0, 0.1) is 0 Å². The van der Waals surface area contributed by atoms with Gasteiger partial charge in [-0.2, -0.15) is 5.10 Å². The lowest BCUT2D eigenvalue weighted by Gasteiger charge is -2.10. The molecular weight excluding hydrogens is 250 g/mol. The molecule has 0 aliphatic rings. The number of carbonyl (C=O) groups is 1. The van der Waals surface area contributed by atoms with Gasteiger partial charge in [-0.05, 0) is 30.0 Å². The number of likely N-dealkylation sites (N-methyl/N-ethyl adjacent to an activating group) is 1. The second-order valence-electron chi connectivity index (χ2n) is 3.17. The maximum atomic E-state index is 10.8. The summed E-state index contributed by atoms with van der Waals surface area (Å²) < 4.78 is 2.00. The normalized spacial score (nSPS) is 10.9. The fourth-order valence-electron chi connectivity index (χ4n) is 1.04. The molecule has 1 aromatic heterocycles. The van der Waals surface area contributed by atoms with Gasteiger partial charge in [-0.1, -0.05) is 0 Å². The van der Waals surface area contributed by atoms with Gasteiger partial charge in [-0.25, -0.2) is 4.79 Å². The number of carboxylic acid groups (broad SMARTS) is 1. The maximum Gasteiger partial charge on any atom is 0.355 e. The molecule has 1 rings (SSSR count). The van der Waals surface area contributed by atoms with Crippen molar-refractivity contribution in [1.29, 1.82) is 0 Å². The fraction of sp³-hybridized carbons (Fsp3) is 0.500. The molecule has 0 fully saturated rings. The van der Waals surface area contributed by atoms with Gasteiger partial charge < -0.3 is 10.0 Å². The van der Waals surface area contributed by atoms with Crippen molar-refractivity contribution in [2.24, 2.45) is 0 Å². The zero-order chi connectivity index (χ0) is 10.7. The van der Waals surface area contributed by atoms with Gasteiger partial charge in [0.15, 0.2) is 5.69 Å². The summed E-state index contributed by atoms with van der Waals surface area (Å²) in [4.78, 5) is 12.8. The standard InChI is InChI=1S/C8H12BrN3O2/c1-11(2)3-4-12-7(8(13)14)6(9)5-10-12/h5H,3-4H2,1-2H3,(H,13,14). The molecule has 6 heteroatoms. The van der Waals surface area contributed by atoms with E-state index in [9.17, 15) is 4.79 Å². The summed E-state index contributed by atoms with van der Waals surface area (Å²) in [6.07, 6.45) is 1.50. The van der Waals surface area contributed by atoms with Crippen LogP contribution in [0.5, 0.6) is 0 Å². The molecule has 1 aromatic rings.